The SMILES string of the molecule is CC(C)c1cc(-c2nccc([Si](C)(C)C)n2)[c-]c2ccccc12.CCC(CC)C(=O)/C=C(\O)C(CC)CC.[Ir]. The van der Waals surface area contributed by atoms with Gasteiger partial charge in [0.2, 0.25) is 0 Å². The topological polar surface area (TPSA) is 63.1 Å². The fourth-order valence-electron chi connectivity index (χ4n) is 4.54. The molecule has 0 fully saturated rings. The van der Waals surface area contributed by atoms with Gasteiger partial charge in [0.15, 0.2) is 5.78 Å². The van der Waals surface area contributed by atoms with Gasteiger partial charge in [0.05, 0.1) is 11.6 Å². The van der Waals surface area contributed by atoms with E-state index in [0.717, 1.165) is 42.5 Å². The predicted octanol–water partition coefficient (Wildman–Crippen LogP) is 8.63. The van der Waals surface area contributed by atoms with Crippen molar-refractivity contribution in [2.75, 3.05) is 0 Å². The molecule has 0 spiro atoms. The average Bonchev–Trinajstić information content (AvgIpc) is 2.89. The van der Waals surface area contributed by atoms with Crippen LogP contribution >= 0.6 is 0 Å². The second kappa shape index (κ2) is 16.2. The first-order valence-electron chi connectivity index (χ1n) is 14.2. The molecule has 1 radical (unpaired) electrons. The van der Waals surface area contributed by atoms with Crippen molar-refractivity contribution >= 4 is 29.9 Å². The molecule has 2 aromatic carbocycles. The van der Waals surface area contributed by atoms with Crippen molar-refractivity contribution in [2.45, 2.75) is 92.8 Å². The zero-order valence-electron chi connectivity index (χ0n) is 25.3. The molecular weight excluding hydrogens is 677 g/mol. The number of carbonyl (C=O) groups is 1. The Kier molecular flexibility index (Phi) is 14.5. The Morgan fingerprint density at radius 3 is 2.10 bits per heavy atom. The van der Waals surface area contributed by atoms with Gasteiger partial charge in [-0.25, -0.2) is 0 Å². The molecule has 0 aliphatic rings. The molecule has 3 rings (SSSR count). The van der Waals surface area contributed by atoms with Crippen molar-refractivity contribution in [2.24, 2.45) is 11.8 Å². The summed E-state index contributed by atoms with van der Waals surface area (Å²) in [6, 6.07) is 16.2. The number of allylic oxidation sites excluding steroid dienone is 2. The first kappa shape index (κ1) is 34.9. The number of aliphatic hydroxyl groups is 1. The van der Waals surface area contributed by atoms with E-state index in [9.17, 15) is 9.90 Å². The van der Waals surface area contributed by atoms with Crippen LogP contribution in [0.15, 0.2) is 54.4 Å². The van der Waals surface area contributed by atoms with Crippen LogP contribution in [0.1, 0.15) is 78.7 Å². The minimum Gasteiger partial charge on any atom is -0.512 e. The normalized spacial score (nSPS) is 11.9. The van der Waals surface area contributed by atoms with Crippen LogP contribution in [0.25, 0.3) is 22.2 Å². The average molecular weight is 724 g/mol. The van der Waals surface area contributed by atoms with Crippen LogP contribution in [0.3, 0.4) is 0 Å². The second-order valence-corrected chi connectivity index (χ2v) is 16.4. The molecule has 1 N–H and O–H groups in total. The number of rotatable bonds is 10. The number of ketones is 1. The Balaban J connectivity index is 0.000000418. The van der Waals surface area contributed by atoms with Crippen molar-refractivity contribution in [1.82, 2.24) is 9.97 Å². The molecule has 0 aliphatic carbocycles. The van der Waals surface area contributed by atoms with E-state index in [4.69, 9.17) is 4.98 Å². The van der Waals surface area contributed by atoms with E-state index >= 15 is 0 Å². The van der Waals surface area contributed by atoms with E-state index in [-0.39, 0.29) is 43.5 Å². The van der Waals surface area contributed by atoms with Crippen molar-refractivity contribution in [3.8, 4) is 11.4 Å². The Bertz CT molecular complexity index is 1230. The first-order chi connectivity index (χ1) is 18.0. The minimum absolute atomic E-state index is 0. The van der Waals surface area contributed by atoms with E-state index in [1.54, 1.807) is 0 Å². The van der Waals surface area contributed by atoms with Gasteiger partial charge >= 0.3 is 0 Å². The summed E-state index contributed by atoms with van der Waals surface area (Å²) in [6.45, 7) is 19.5. The molecule has 0 aliphatic heterocycles. The number of hydrogen-bond acceptors (Lipinski definition) is 4. The maximum Gasteiger partial charge on any atom is 0.162 e. The molecule has 1 heterocycles. The van der Waals surface area contributed by atoms with E-state index in [1.807, 2.05) is 33.9 Å². The fraction of sp³-hybridized carbons (Fsp3) is 0.485. The van der Waals surface area contributed by atoms with Crippen LogP contribution in [0.4, 0.5) is 0 Å². The molecule has 215 valence electrons. The van der Waals surface area contributed by atoms with E-state index in [0.29, 0.717) is 5.92 Å². The number of hydrogen-bond donors (Lipinski definition) is 1. The fourth-order valence-corrected chi connectivity index (χ4v) is 5.56. The minimum atomic E-state index is -1.45. The number of carbonyl (C=O) groups excluding carboxylic acids is 1. The van der Waals surface area contributed by atoms with Gasteiger partial charge in [0.25, 0.3) is 0 Å². The molecule has 0 saturated carbocycles. The van der Waals surface area contributed by atoms with Crippen LogP contribution in [-0.2, 0) is 24.9 Å². The van der Waals surface area contributed by atoms with Crippen molar-refractivity contribution in [3.05, 3.63) is 66.1 Å². The van der Waals surface area contributed by atoms with Gasteiger partial charge in [-0.15, -0.1) is 29.1 Å². The summed E-state index contributed by atoms with van der Waals surface area (Å²) in [5.41, 5.74) is 2.32. The summed E-state index contributed by atoms with van der Waals surface area (Å²) >= 11 is 0. The zero-order chi connectivity index (χ0) is 28.5. The predicted molar refractivity (Wildman–Crippen MR) is 165 cm³/mol. The smallest absolute Gasteiger partial charge is 0.162 e. The molecule has 0 atom stereocenters. The first-order valence-corrected chi connectivity index (χ1v) is 17.7. The van der Waals surface area contributed by atoms with E-state index in [2.05, 4.69) is 80.9 Å². The van der Waals surface area contributed by atoms with Gasteiger partial charge in [0, 0.05) is 49.5 Å². The molecule has 3 aromatic rings. The van der Waals surface area contributed by atoms with Crippen molar-refractivity contribution in [1.29, 1.82) is 0 Å². The number of aliphatic hydroxyl groups excluding tert-OH is 1. The molecule has 0 unspecified atom stereocenters. The number of benzene rings is 2. The van der Waals surface area contributed by atoms with Gasteiger partial charge in [-0.3, -0.25) is 14.8 Å². The molecular formula is C33H47IrN2O2Si-. The molecule has 4 nitrogen and oxygen atoms in total. The maximum absolute atomic E-state index is 11.7. The van der Waals surface area contributed by atoms with Crippen LogP contribution in [-0.4, -0.2) is 28.9 Å². The van der Waals surface area contributed by atoms with Gasteiger partial charge in [-0.2, -0.15) is 0 Å². The summed E-state index contributed by atoms with van der Waals surface area (Å²) in [7, 11) is -1.45. The summed E-state index contributed by atoms with van der Waals surface area (Å²) in [6.07, 6.45) is 6.79. The third kappa shape index (κ3) is 9.77. The van der Waals surface area contributed by atoms with Crippen molar-refractivity contribution in [3.63, 3.8) is 0 Å². The quantitative estimate of drug-likeness (QED) is 0.0985. The Morgan fingerprint density at radius 2 is 1.56 bits per heavy atom. The molecule has 39 heavy (non-hydrogen) atoms. The van der Waals surface area contributed by atoms with Crippen LogP contribution in [0.2, 0.25) is 19.6 Å². The molecule has 6 heteroatoms. The van der Waals surface area contributed by atoms with Crippen LogP contribution in [0.5, 0.6) is 0 Å². The van der Waals surface area contributed by atoms with Crippen molar-refractivity contribution < 1.29 is 30.0 Å². The summed E-state index contributed by atoms with van der Waals surface area (Å²) in [5.74, 6) is 1.79. The largest absolute Gasteiger partial charge is 0.512 e. The molecule has 0 saturated heterocycles. The Morgan fingerprint density at radius 1 is 0.974 bits per heavy atom. The maximum atomic E-state index is 11.7. The van der Waals surface area contributed by atoms with Gasteiger partial charge in [0.1, 0.15) is 8.07 Å². The number of nitrogens with zero attached hydrogens (tertiary/aromatic N) is 2. The van der Waals surface area contributed by atoms with E-state index < -0.39 is 8.07 Å². The molecule has 1 aromatic heterocycles. The van der Waals surface area contributed by atoms with E-state index in [1.165, 1.54) is 22.3 Å². The Hall–Kier alpha value is -2.14. The molecule has 0 amide bonds. The van der Waals surface area contributed by atoms with Gasteiger partial charge in [-0.05, 0) is 37.7 Å². The van der Waals surface area contributed by atoms with Gasteiger partial charge < -0.3 is 5.11 Å². The summed E-state index contributed by atoms with van der Waals surface area (Å²) < 4.78 is 0. The van der Waals surface area contributed by atoms with Crippen LogP contribution < -0.4 is 5.32 Å². The van der Waals surface area contributed by atoms with Gasteiger partial charge in [-0.1, -0.05) is 90.3 Å². The van der Waals surface area contributed by atoms with Crippen LogP contribution in [0, 0.1) is 17.9 Å². The Labute approximate surface area is 251 Å². The zero-order valence-corrected chi connectivity index (χ0v) is 28.7. The summed E-state index contributed by atoms with van der Waals surface area (Å²) in [4.78, 5) is 21.1. The molecule has 0 bridgehead atoms. The number of fused-ring (bicyclic) bond motifs is 1. The third-order valence-corrected chi connectivity index (χ3v) is 8.99. The third-order valence-electron chi connectivity index (χ3n) is 7.18. The summed E-state index contributed by atoms with van der Waals surface area (Å²) in [5, 5.41) is 13.4. The standard InChI is InChI=1S/C20H23N2Si.C13H24O2.Ir/c1-14(2)18-13-16(12-15-8-6-7-9-17(15)18)20-21-11-10-19(22-20)23(3,4)5;1-5-10(6-2)12(14)9-13(15)11(7-3)8-4;/h6-11,13-14H,1-5H3;9-11,14H,5-8H2,1-4H3;/q-1;;/b;12-9-;. The second-order valence-electron chi connectivity index (χ2n) is 11.4. The monoisotopic (exact) mass is 724 g/mol. The number of aromatic nitrogens is 2.